The number of aromatic nitrogens is 1. The number of aryl methyl sites for hydroxylation is 2. The van der Waals surface area contributed by atoms with Gasteiger partial charge in [-0.15, -0.1) is 11.3 Å². The number of benzene rings is 1. The Morgan fingerprint density at radius 1 is 1.35 bits per heavy atom. The normalized spacial score (nSPS) is 10.5. The molecule has 0 unspecified atom stereocenters. The zero-order valence-electron chi connectivity index (χ0n) is 10.1. The maximum Gasteiger partial charge on any atom is 0.142 e. The van der Waals surface area contributed by atoms with E-state index in [1.165, 1.54) is 4.88 Å². The van der Waals surface area contributed by atoms with Crippen LogP contribution in [0.4, 0.5) is 5.69 Å². The van der Waals surface area contributed by atoms with Crippen molar-refractivity contribution < 1.29 is 4.74 Å². The second kappa shape index (κ2) is 5.19. The van der Waals surface area contributed by atoms with Crippen molar-refractivity contribution in [1.29, 1.82) is 0 Å². The summed E-state index contributed by atoms with van der Waals surface area (Å²) in [5.41, 5.74) is 10.7. The smallest absolute Gasteiger partial charge is 0.142 e. The number of nitrogens with two attached hydrogens (primary N) is 1. The van der Waals surface area contributed by atoms with Crippen LogP contribution in [0.25, 0.3) is 0 Å². The Hall–Kier alpha value is -1.55. The lowest BCUT2D eigenvalue weighted by Gasteiger charge is -2.08. The highest BCUT2D eigenvalue weighted by atomic mass is 32.1. The number of hydrogen-bond acceptors (Lipinski definition) is 4. The van der Waals surface area contributed by atoms with Crippen molar-refractivity contribution in [2.75, 3.05) is 12.3 Å². The number of hydrogen-bond donors (Lipinski definition) is 1. The molecule has 0 fully saturated rings. The first-order valence-corrected chi connectivity index (χ1v) is 6.42. The first-order valence-electron chi connectivity index (χ1n) is 5.54. The fourth-order valence-electron chi connectivity index (χ4n) is 1.62. The Morgan fingerprint density at radius 2 is 2.18 bits per heavy atom. The van der Waals surface area contributed by atoms with Crippen LogP contribution in [0.1, 0.15) is 16.1 Å². The minimum absolute atomic E-state index is 0.635. The largest absolute Gasteiger partial charge is 0.491 e. The van der Waals surface area contributed by atoms with Crippen molar-refractivity contribution >= 4 is 17.0 Å². The second-order valence-corrected chi connectivity index (χ2v) is 4.94. The van der Waals surface area contributed by atoms with Crippen molar-refractivity contribution in [3.8, 4) is 5.75 Å². The van der Waals surface area contributed by atoms with E-state index in [4.69, 9.17) is 10.5 Å². The molecule has 3 nitrogen and oxygen atoms in total. The summed E-state index contributed by atoms with van der Waals surface area (Å²) in [6.07, 6.45) is 0.879. The summed E-state index contributed by atoms with van der Waals surface area (Å²) in [5, 5.41) is 0. The van der Waals surface area contributed by atoms with Gasteiger partial charge in [0.1, 0.15) is 5.75 Å². The third-order valence-electron chi connectivity index (χ3n) is 2.60. The number of nitrogen functional groups attached to an aromatic ring is 1. The zero-order chi connectivity index (χ0) is 12.3. The third-order valence-corrected chi connectivity index (χ3v) is 3.59. The third kappa shape index (κ3) is 2.97. The molecule has 0 saturated heterocycles. The second-order valence-electron chi connectivity index (χ2n) is 4.00. The minimum atomic E-state index is 0.635. The molecule has 1 heterocycles. The molecule has 17 heavy (non-hydrogen) atoms. The van der Waals surface area contributed by atoms with Crippen molar-refractivity contribution in [1.82, 2.24) is 4.98 Å². The Morgan fingerprint density at radius 3 is 2.82 bits per heavy atom. The quantitative estimate of drug-likeness (QED) is 0.846. The molecule has 0 amide bonds. The zero-order valence-corrected chi connectivity index (χ0v) is 10.9. The van der Waals surface area contributed by atoms with Crippen LogP contribution in [-0.2, 0) is 6.42 Å². The van der Waals surface area contributed by atoms with E-state index in [-0.39, 0.29) is 0 Å². The summed E-state index contributed by atoms with van der Waals surface area (Å²) in [7, 11) is 0. The van der Waals surface area contributed by atoms with Gasteiger partial charge in [-0.2, -0.15) is 0 Å². The molecule has 1 aromatic heterocycles. The average molecular weight is 248 g/mol. The molecule has 0 bridgehead atoms. The molecule has 0 saturated carbocycles. The van der Waals surface area contributed by atoms with E-state index in [1.807, 2.05) is 37.6 Å². The van der Waals surface area contributed by atoms with Crippen molar-refractivity contribution in [3.63, 3.8) is 0 Å². The first kappa shape index (κ1) is 11.9. The minimum Gasteiger partial charge on any atom is -0.491 e. The van der Waals surface area contributed by atoms with Gasteiger partial charge in [-0.1, -0.05) is 6.07 Å². The predicted molar refractivity (Wildman–Crippen MR) is 71.6 cm³/mol. The fraction of sp³-hybridized carbons (Fsp3) is 0.308. The molecule has 4 heteroatoms. The van der Waals surface area contributed by atoms with E-state index < -0.39 is 0 Å². The predicted octanol–water partition coefficient (Wildman–Crippen LogP) is 2.96. The summed E-state index contributed by atoms with van der Waals surface area (Å²) in [6.45, 7) is 4.67. The van der Waals surface area contributed by atoms with E-state index in [0.29, 0.717) is 12.3 Å². The topological polar surface area (TPSA) is 48.1 Å². The van der Waals surface area contributed by atoms with Gasteiger partial charge in [0.15, 0.2) is 0 Å². The van der Waals surface area contributed by atoms with Crippen LogP contribution < -0.4 is 10.5 Å². The van der Waals surface area contributed by atoms with Crippen molar-refractivity contribution in [2.45, 2.75) is 20.3 Å². The van der Waals surface area contributed by atoms with Crippen molar-refractivity contribution in [2.24, 2.45) is 0 Å². The Kier molecular flexibility index (Phi) is 3.64. The van der Waals surface area contributed by atoms with Gasteiger partial charge in [0.2, 0.25) is 0 Å². The van der Waals surface area contributed by atoms with Gasteiger partial charge in [0, 0.05) is 11.3 Å². The molecule has 1 aromatic carbocycles. The molecule has 0 radical (unpaired) electrons. The number of nitrogens with zero attached hydrogens (tertiary/aromatic N) is 1. The molecule has 2 rings (SSSR count). The molecule has 0 spiro atoms. The maximum atomic E-state index is 5.88. The van der Waals surface area contributed by atoms with Crippen LogP contribution in [0.5, 0.6) is 5.75 Å². The summed E-state index contributed by atoms with van der Waals surface area (Å²) in [6, 6.07) is 5.85. The van der Waals surface area contributed by atoms with E-state index >= 15 is 0 Å². The highest BCUT2D eigenvalue weighted by Gasteiger charge is 2.03. The summed E-state index contributed by atoms with van der Waals surface area (Å²) in [5.74, 6) is 0.762. The lowest BCUT2D eigenvalue weighted by molar-refractivity contribution is 0.324. The van der Waals surface area contributed by atoms with Gasteiger partial charge in [-0.3, -0.25) is 0 Å². The van der Waals surface area contributed by atoms with E-state index in [9.17, 15) is 0 Å². The van der Waals surface area contributed by atoms with E-state index in [0.717, 1.165) is 23.4 Å². The molecular formula is C13H16N2OS. The molecule has 0 aliphatic rings. The lowest BCUT2D eigenvalue weighted by atomic mass is 10.2. The molecule has 0 atom stereocenters. The van der Waals surface area contributed by atoms with Gasteiger partial charge in [-0.05, 0) is 31.5 Å². The van der Waals surface area contributed by atoms with Crippen LogP contribution >= 0.6 is 11.3 Å². The van der Waals surface area contributed by atoms with Crippen molar-refractivity contribution in [3.05, 3.63) is 39.8 Å². The Bertz CT molecular complexity index is 508. The van der Waals surface area contributed by atoms with Gasteiger partial charge in [-0.25, -0.2) is 4.98 Å². The number of anilines is 1. The van der Waals surface area contributed by atoms with Crippen LogP contribution in [0.15, 0.2) is 23.7 Å². The van der Waals surface area contributed by atoms with E-state index in [1.54, 1.807) is 11.3 Å². The standard InChI is InChI=1S/C13H16N2OS/c1-9-3-4-12(11(14)7-9)16-6-5-13-10(2)15-8-17-13/h3-4,7-8H,5-6,14H2,1-2H3. The highest BCUT2D eigenvalue weighted by Crippen LogP contribution is 2.22. The lowest BCUT2D eigenvalue weighted by Crippen LogP contribution is -2.03. The molecule has 0 aliphatic heterocycles. The summed E-state index contributed by atoms with van der Waals surface area (Å²) >= 11 is 1.67. The van der Waals surface area contributed by atoms with Gasteiger partial charge in [0.25, 0.3) is 0 Å². The van der Waals surface area contributed by atoms with Crippen LogP contribution in [0.3, 0.4) is 0 Å². The molecule has 2 N–H and O–H groups in total. The van der Waals surface area contributed by atoms with Crippen LogP contribution in [0, 0.1) is 13.8 Å². The maximum absolute atomic E-state index is 5.88. The average Bonchev–Trinajstić information content (AvgIpc) is 2.68. The number of thiazole rings is 1. The molecule has 90 valence electrons. The summed E-state index contributed by atoms with van der Waals surface area (Å²) < 4.78 is 5.67. The van der Waals surface area contributed by atoms with Gasteiger partial charge < -0.3 is 10.5 Å². The molecule has 0 aliphatic carbocycles. The first-order chi connectivity index (χ1) is 8.16. The van der Waals surface area contributed by atoms with E-state index in [2.05, 4.69) is 4.98 Å². The van der Waals surface area contributed by atoms with Crippen LogP contribution in [-0.4, -0.2) is 11.6 Å². The van der Waals surface area contributed by atoms with Crippen LogP contribution in [0.2, 0.25) is 0 Å². The van der Waals surface area contributed by atoms with Gasteiger partial charge in [0.05, 0.1) is 23.5 Å². The fourth-order valence-corrected chi connectivity index (χ4v) is 2.38. The molecular weight excluding hydrogens is 232 g/mol. The molecule has 2 aromatic rings. The highest BCUT2D eigenvalue weighted by molar-refractivity contribution is 7.09. The Balaban J connectivity index is 1.92. The van der Waals surface area contributed by atoms with Gasteiger partial charge >= 0.3 is 0 Å². The Labute approximate surface area is 105 Å². The monoisotopic (exact) mass is 248 g/mol. The number of ether oxygens (including phenoxy) is 1. The summed E-state index contributed by atoms with van der Waals surface area (Å²) in [4.78, 5) is 5.48. The number of rotatable bonds is 4. The SMILES string of the molecule is Cc1ccc(OCCc2scnc2C)c(N)c1.